The molecule has 2 aromatic carbocycles. The highest BCUT2D eigenvalue weighted by Gasteiger charge is 2.30. The SMILES string of the molecule is O=C1c2cc(F)ccc2-n2c1nc1cc(B(O)O)ccc1c2=O. The molecule has 1 aliphatic rings. The zero-order valence-corrected chi connectivity index (χ0v) is 11.5. The van der Waals surface area contributed by atoms with Gasteiger partial charge in [0.25, 0.3) is 5.56 Å². The minimum atomic E-state index is -1.71. The van der Waals surface area contributed by atoms with E-state index in [4.69, 9.17) is 0 Å². The first-order valence-corrected chi connectivity index (χ1v) is 6.75. The van der Waals surface area contributed by atoms with E-state index in [0.29, 0.717) is 0 Å². The van der Waals surface area contributed by atoms with Crippen molar-refractivity contribution < 1.29 is 19.2 Å². The molecule has 23 heavy (non-hydrogen) atoms. The van der Waals surface area contributed by atoms with Crippen molar-refractivity contribution in [1.29, 1.82) is 0 Å². The van der Waals surface area contributed by atoms with Crippen molar-refractivity contribution in [2.45, 2.75) is 0 Å². The second kappa shape index (κ2) is 4.58. The number of rotatable bonds is 1. The van der Waals surface area contributed by atoms with Crippen molar-refractivity contribution >= 4 is 29.3 Å². The fourth-order valence-corrected chi connectivity index (χ4v) is 2.74. The highest BCUT2D eigenvalue weighted by Crippen LogP contribution is 2.26. The van der Waals surface area contributed by atoms with Crippen LogP contribution in [0.15, 0.2) is 41.2 Å². The summed E-state index contributed by atoms with van der Waals surface area (Å²) in [7, 11) is -1.71. The van der Waals surface area contributed by atoms with Gasteiger partial charge in [0.2, 0.25) is 5.78 Å². The van der Waals surface area contributed by atoms with Gasteiger partial charge < -0.3 is 10.0 Å². The summed E-state index contributed by atoms with van der Waals surface area (Å²) in [6.45, 7) is 0. The van der Waals surface area contributed by atoms with Crippen LogP contribution in [0.3, 0.4) is 0 Å². The molecule has 0 saturated heterocycles. The number of halogens is 1. The molecular weight excluding hydrogens is 302 g/mol. The Morgan fingerprint density at radius 1 is 1.09 bits per heavy atom. The molecule has 0 unspecified atom stereocenters. The number of hydrogen-bond donors (Lipinski definition) is 2. The molecule has 6 nitrogen and oxygen atoms in total. The molecule has 0 fully saturated rings. The maximum Gasteiger partial charge on any atom is 0.488 e. The maximum absolute atomic E-state index is 13.4. The second-order valence-corrected chi connectivity index (χ2v) is 5.22. The van der Waals surface area contributed by atoms with Crippen LogP contribution in [0.1, 0.15) is 16.2 Å². The predicted molar refractivity (Wildman–Crippen MR) is 80.6 cm³/mol. The molecule has 0 bridgehead atoms. The number of ketones is 1. The summed E-state index contributed by atoms with van der Waals surface area (Å²) in [5.41, 5.74) is 0.226. The molecule has 1 aliphatic heterocycles. The lowest BCUT2D eigenvalue weighted by molar-refractivity contribution is 0.103. The molecule has 8 heteroatoms. The summed E-state index contributed by atoms with van der Waals surface area (Å²) in [6, 6.07) is 7.74. The average molecular weight is 310 g/mol. The Bertz CT molecular complexity index is 1060. The zero-order valence-electron chi connectivity index (χ0n) is 11.5. The van der Waals surface area contributed by atoms with Crippen molar-refractivity contribution in [3.8, 4) is 5.69 Å². The Kier molecular flexibility index (Phi) is 2.75. The van der Waals surface area contributed by atoms with E-state index in [-0.39, 0.29) is 33.4 Å². The lowest BCUT2D eigenvalue weighted by Crippen LogP contribution is -2.30. The molecule has 0 atom stereocenters. The van der Waals surface area contributed by atoms with E-state index in [1.807, 2.05) is 0 Å². The minimum Gasteiger partial charge on any atom is -0.423 e. The number of fused-ring (bicyclic) bond motifs is 4. The first-order chi connectivity index (χ1) is 11.0. The Labute approximate surface area is 128 Å². The standard InChI is InChI=1S/C15H8BFN2O4/c17-8-2-4-12-10(6-8)13(20)14-18-11-5-7(16(22)23)1-3-9(11)15(21)19(12)14/h1-6,22-23H. The van der Waals surface area contributed by atoms with Crippen LogP contribution < -0.4 is 11.0 Å². The quantitative estimate of drug-likeness (QED) is 0.473. The normalized spacial score (nSPS) is 12.4. The summed E-state index contributed by atoms with van der Waals surface area (Å²) in [4.78, 5) is 29.2. The number of nitrogens with zero attached hydrogens (tertiary/aromatic N) is 2. The minimum absolute atomic E-state index is 0.0762. The van der Waals surface area contributed by atoms with E-state index < -0.39 is 24.3 Å². The Hall–Kier alpha value is -2.84. The second-order valence-electron chi connectivity index (χ2n) is 5.22. The van der Waals surface area contributed by atoms with Crippen molar-refractivity contribution in [2.24, 2.45) is 0 Å². The average Bonchev–Trinajstić information content (AvgIpc) is 2.80. The van der Waals surface area contributed by atoms with Crippen molar-refractivity contribution in [3.63, 3.8) is 0 Å². The van der Waals surface area contributed by atoms with Gasteiger partial charge in [0.1, 0.15) is 5.82 Å². The van der Waals surface area contributed by atoms with Crippen LogP contribution in [0.5, 0.6) is 0 Å². The van der Waals surface area contributed by atoms with Gasteiger partial charge >= 0.3 is 7.12 Å². The van der Waals surface area contributed by atoms with E-state index in [1.165, 1.54) is 30.3 Å². The first kappa shape index (κ1) is 13.8. The van der Waals surface area contributed by atoms with Gasteiger partial charge in [-0.1, -0.05) is 6.07 Å². The molecule has 0 spiro atoms. The summed E-state index contributed by atoms with van der Waals surface area (Å²) >= 11 is 0. The number of carbonyl (C=O) groups excluding carboxylic acids is 1. The highest BCUT2D eigenvalue weighted by atomic mass is 19.1. The molecule has 0 radical (unpaired) electrons. The van der Waals surface area contributed by atoms with Gasteiger partial charge in [0, 0.05) is 0 Å². The topological polar surface area (TPSA) is 92.4 Å². The fourth-order valence-electron chi connectivity index (χ4n) is 2.74. The Morgan fingerprint density at radius 2 is 1.87 bits per heavy atom. The van der Waals surface area contributed by atoms with E-state index in [0.717, 1.165) is 10.6 Å². The van der Waals surface area contributed by atoms with E-state index in [2.05, 4.69) is 4.98 Å². The van der Waals surface area contributed by atoms with Crippen molar-refractivity contribution in [1.82, 2.24) is 9.55 Å². The number of carbonyl (C=O) groups is 1. The predicted octanol–water partition coefficient (Wildman–Crippen LogP) is -0.251. The number of benzene rings is 2. The van der Waals surface area contributed by atoms with Crippen molar-refractivity contribution in [3.05, 3.63) is 64.0 Å². The van der Waals surface area contributed by atoms with Crippen LogP contribution in [-0.2, 0) is 0 Å². The van der Waals surface area contributed by atoms with Crippen LogP contribution in [-0.4, -0.2) is 32.5 Å². The highest BCUT2D eigenvalue weighted by molar-refractivity contribution is 6.58. The van der Waals surface area contributed by atoms with Crippen LogP contribution in [0, 0.1) is 5.82 Å². The molecule has 0 saturated carbocycles. The lowest BCUT2D eigenvalue weighted by atomic mass is 9.80. The fraction of sp³-hybridized carbons (Fsp3) is 0. The summed E-state index contributed by atoms with van der Waals surface area (Å²) in [5.74, 6) is -1.24. The summed E-state index contributed by atoms with van der Waals surface area (Å²) in [6.07, 6.45) is 0. The summed E-state index contributed by atoms with van der Waals surface area (Å²) in [5, 5.41) is 18.6. The third-order valence-corrected chi connectivity index (χ3v) is 3.84. The smallest absolute Gasteiger partial charge is 0.423 e. The molecule has 0 amide bonds. The van der Waals surface area contributed by atoms with E-state index in [1.54, 1.807) is 0 Å². The largest absolute Gasteiger partial charge is 0.488 e. The number of hydrogen-bond acceptors (Lipinski definition) is 5. The van der Waals surface area contributed by atoms with Gasteiger partial charge in [-0.15, -0.1) is 0 Å². The molecule has 1 aromatic heterocycles. The lowest BCUT2D eigenvalue weighted by Gasteiger charge is -2.07. The monoisotopic (exact) mass is 310 g/mol. The molecule has 112 valence electrons. The Morgan fingerprint density at radius 3 is 2.61 bits per heavy atom. The van der Waals surface area contributed by atoms with Gasteiger partial charge in [-0.2, -0.15) is 0 Å². The zero-order chi connectivity index (χ0) is 16.3. The molecular formula is C15H8BFN2O4. The summed E-state index contributed by atoms with van der Waals surface area (Å²) < 4.78 is 14.5. The van der Waals surface area contributed by atoms with Gasteiger partial charge in [-0.3, -0.25) is 14.2 Å². The first-order valence-electron chi connectivity index (χ1n) is 6.75. The van der Waals surface area contributed by atoms with Crippen LogP contribution in [0.25, 0.3) is 16.6 Å². The van der Waals surface area contributed by atoms with E-state index in [9.17, 15) is 24.0 Å². The van der Waals surface area contributed by atoms with Gasteiger partial charge in [0.15, 0.2) is 5.82 Å². The van der Waals surface area contributed by atoms with Crippen LogP contribution >= 0.6 is 0 Å². The molecule has 2 N–H and O–H groups in total. The molecule has 4 rings (SSSR count). The Balaban J connectivity index is 2.08. The third kappa shape index (κ3) is 1.86. The van der Waals surface area contributed by atoms with Gasteiger partial charge in [-0.25, -0.2) is 9.37 Å². The number of aromatic nitrogens is 2. The van der Waals surface area contributed by atoms with Gasteiger partial charge in [0.05, 0.1) is 22.2 Å². The van der Waals surface area contributed by atoms with E-state index >= 15 is 0 Å². The molecule has 0 aliphatic carbocycles. The third-order valence-electron chi connectivity index (χ3n) is 3.84. The van der Waals surface area contributed by atoms with Crippen molar-refractivity contribution in [2.75, 3.05) is 0 Å². The molecule has 2 heterocycles. The maximum atomic E-state index is 13.4. The van der Waals surface area contributed by atoms with Crippen LogP contribution in [0.2, 0.25) is 0 Å². The van der Waals surface area contributed by atoms with Crippen LogP contribution in [0.4, 0.5) is 4.39 Å². The molecule has 3 aromatic rings. The van der Waals surface area contributed by atoms with Gasteiger partial charge in [-0.05, 0) is 35.8 Å².